The summed E-state index contributed by atoms with van der Waals surface area (Å²) in [5.41, 5.74) is 0.698. The Morgan fingerprint density at radius 2 is 2.04 bits per heavy atom. The fourth-order valence-corrected chi connectivity index (χ4v) is 2.70. The second-order valence-corrected chi connectivity index (χ2v) is 7.00. The molecule has 140 valence electrons. The number of fused-ring (bicyclic) bond motifs is 1. The van der Waals surface area contributed by atoms with Gasteiger partial charge in [-0.05, 0) is 39.0 Å². The van der Waals surface area contributed by atoms with Crippen molar-refractivity contribution < 1.29 is 19.2 Å². The molecule has 2 aromatic carbocycles. The number of hydrogen-bond acceptors (Lipinski definition) is 5. The molecule has 3 rings (SSSR count). The van der Waals surface area contributed by atoms with Crippen molar-refractivity contribution in [2.24, 2.45) is 5.41 Å². The first-order chi connectivity index (χ1) is 12.7. The van der Waals surface area contributed by atoms with Gasteiger partial charge in [-0.3, -0.25) is 19.7 Å². The number of carbonyl (C=O) groups excluding carboxylic acids is 2. The molecule has 8 heteroatoms. The highest BCUT2D eigenvalue weighted by atomic mass is 16.6. The van der Waals surface area contributed by atoms with Crippen LogP contribution in [0.25, 0.3) is 0 Å². The second kappa shape index (κ2) is 6.71. The molecular weight excluding hydrogens is 350 g/mol. The van der Waals surface area contributed by atoms with Crippen LogP contribution in [-0.2, 0) is 4.79 Å². The summed E-state index contributed by atoms with van der Waals surface area (Å²) in [5, 5.41) is 16.6. The van der Waals surface area contributed by atoms with Crippen molar-refractivity contribution in [3.63, 3.8) is 0 Å². The Kier molecular flexibility index (Phi) is 4.57. The van der Waals surface area contributed by atoms with Crippen LogP contribution in [0.4, 0.5) is 17.1 Å². The maximum Gasteiger partial charge on any atom is 0.273 e. The van der Waals surface area contributed by atoms with Gasteiger partial charge in [0, 0.05) is 28.9 Å². The van der Waals surface area contributed by atoms with E-state index < -0.39 is 16.2 Å². The van der Waals surface area contributed by atoms with Gasteiger partial charge in [0.25, 0.3) is 11.6 Å². The van der Waals surface area contributed by atoms with Crippen LogP contribution in [0.5, 0.6) is 5.75 Å². The van der Waals surface area contributed by atoms with E-state index in [0.29, 0.717) is 22.7 Å². The molecule has 0 fully saturated rings. The molecule has 1 heterocycles. The standard InChI is InChI=1S/C19H19N3O5/c1-11-13(5-4-6-15(11)22(25)26)17(23)20-12-7-8-14-16(9-12)27-10-19(2,3)18(24)21-14/h4-9H,10H2,1-3H3,(H,20,23)(H,21,24). The molecule has 0 aliphatic carbocycles. The summed E-state index contributed by atoms with van der Waals surface area (Å²) < 4.78 is 5.71. The van der Waals surface area contributed by atoms with Crippen LogP contribution in [0, 0.1) is 22.5 Å². The summed E-state index contributed by atoms with van der Waals surface area (Å²) in [7, 11) is 0. The molecule has 1 aliphatic rings. The van der Waals surface area contributed by atoms with Gasteiger partial charge in [0.1, 0.15) is 12.4 Å². The molecule has 27 heavy (non-hydrogen) atoms. The Balaban J connectivity index is 1.85. The molecule has 0 bridgehead atoms. The Bertz CT molecular complexity index is 952. The number of benzene rings is 2. The van der Waals surface area contributed by atoms with E-state index in [9.17, 15) is 19.7 Å². The summed E-state index contributed by atoms with van der Waals surface area (Å²) in [6, 6.07) is 9.24. The van der Waals surface area contributed by atoms with Crippen LogP contribution >= 0.6 is 0 Å². The number of nitrogens with zero attached hydrogens (tertiary/aromatic N) is 1. The van der Waals surface area contributed by atoms with Crippen molar-refractivity contribution in [3.05, 3.63) is 57.6 Å². The Morgan fingerprint density at radius 1 is 1.30 bits per heavy atom. The van der Waals surface area contributed by atoms with Gasteiger partial charge in [-0.15, -0.1) is 0 Å². The number of nitro groups is 1. The maximum absolute atomic E-state index is 12.6. The molecule has 2 N–H and O–H groups in total. The monoisotopic (exact) mass is 369 g/mol. The minimum absolute atomic E-state index is 0.113. The second-order valence-electron chi connectivity index (χ2n) is 7.00. The SMILES string of the molecule is Cc1c(C(=O)Nc2ccc3c(c2)OCC(C)(C)C(=O)N3)cccc1[N+](=O)[O-]. The lowest BCUT2D eigenvalue weighted by atomic mass is 9.94. The number of anilines is 2. The van der Waals surface area contributed by atoms with E-state index in [1.165, 1.54) is 25.1 Å². The molecular formula is C19H19N3O5. The highest BCUT2D eigenvalue weighted by molar-refractivity contribution is 6.06. The molecule has 0 aromatic heterocycles. The van der Waals surface area contributed by atoms with E-state index in [1.807, 2.05) is 0 Å². The lowest BCUT2D eigenvalue weighted by molar-refractivity contribution is -0.385. The number of carbonyl (C=O) groups is 2. The van der Waals surface area contributed by atoms with E-state index in [-0.39, 0.29) is 23.8 Å². The van der Waals surface area contributed by atoms with Crippen molar-refractivity contribution >= 4 is 28.9 Å². The molecule has 1 aliphatic heterocycles. The Morgan fingerprint density at radius 3 is 2.74 bits per heavy atom. The fraction of sp³-hybridized carbons (Fsp3) is 0.263. The predicted molar refractivity (Wildman–Crippen MR) is 100 cm³/mol. The minimum Gasteiger partial charge on any atom is -0.490 e. The number of rotatable bonds is 3. The van der Waals surface area contributed by atoms with E-state index in [1.54, 1.807) is 32.0 Å². The van der Waals surface area contributed by atoms with Crippen molar-refractivity contribution in [2.45, 2.75) is 20.8 Å². The van der Waals surface area contributed by atoms with Crippen LogP contribution in [0.15, 0.2) is 36.4 Å². The van der Waals surface area contributed by atoms with Crippen LogP contribution < -0.4 is 15.4 Å². The van der Waals surface area contributed by atoms with E-state index in [0.717, 1.165) is 0 Å². The molecule has 0 atom stereocenters. The lowest BCUT2D eigenvalue weighted by Crippen LogP contribution is -2.33. The van der Waals surface area contributed by atoms with Crippen LogP contribution in [-0.4, -0.2) is 23.3 Å². The van der Waals surface area contributed by atoms with Crippen molar-refractivity contribution in [3.8, 4) is 5.75 Å². The van der Waals surface area contributed by atoms with E-state index in [2.05, 4.69) is 10.6 Å². The Hall–Kier alpha value is -3.42. The number of nitro benzene ring substituents is 1. The first-order valence-electron chi connectivity index (χ1n) is 8.33. The predicted octanol–water partition coefficient (Wildman–Crippen LogP) is 3.51. The van der Waals surface area contributed by atoms with Crippen molar-refractivity contribution in [1.82, 2.24) is 0 Å². The summed E-state index contributed by atoms with van der Waals surface area (Å²) in [6.45, 7) is 5.29. The van der Waals surface area contributed by atoms with Gasteiger partial charge in [-0.1, -0.05) is 6.07 Å². The summed E-state index contributed by atoms with van der Waals surface area (Å²) >= 11 is 0. The van der Waals surface area contributed by atoms with Crippen LogP contribution in [0.2, 0.25) is 0 Å². The molecule has 2 aromatic rings. The van der Waals surface area contributed by atoms with Gasteiger partial charge in [0.15, 0.2) is 0 Å². The molecule has 0 saturated heterocycles. The first kappa shape index (κ1) is 18.4. The van der Waals surface area contributed by atoms with Crippen molar-refractivity contribution in [1.29, 1.82) is 0 Å². The van der Waals surface area contributed by atoms with Gasteiger partial charge in [-0.25, -0.2) is 0 Å². The average molecular weight is 369 g/mol. The van der Waals surface area contributed by atoms with Gasteiger partial charge < -0.3 is 15.4 Å². The summed E-state index contributed by atoms with van der Waals surface area (Å²) in [6.07, 6.45) is 0. The van der Waals surface area contributed by atoms with Crippen molar-refractivity contribution in [2.75, 3.05) is 17.2 Å². The third-order valence-corrected chi connectivity index (χ3v) is 4.44. The average Bonchev–Trinajstić information content (AvgIpc) is 2.71. The molecule has 0 unspecified atom stereocenters. The third kappa shape index (κ3) is 3.59. The normalized spacial score (nSPS) is 15.0. The first-order valence-corrected chi connectivity index (χ1v) is 8.33. The Labute approximate surface area is 155 Å². The third-order valence-electron chi connectivity index (χ3n) is 4.44. The fourth-order valence-electron chi connectivity index (χ4n) is 2.70. The van der Waals surface area contributed by atoms with Crippen LogP contribution in [0.1, 0.15) is 29.8 Å². The molecule has 2 amide bonds. The quantitative estimate of drug-likeness (QED) is 0.635. The smallest absolute Gasteiger partial charge is 0.273 e. The number of amides is 2. The minimum atomic E-state index is -0.678. The lowest BCUT2D eigenvalue weighted by Gasteiger charge is -2.18. The summed E-state index contributed by atoms with van der Waals surface area (Å²) in [4.78, 5) is 35.2. The van der Waals surface area contributed by atoms with Crippen LogP contribution in [0.3, 0.4) is 0 Å². The topological polar surface area (TPSA) is 111 Å². The number of hydrogen-bond donors (Lipinski definition) is 2. The highest BCUT2D eigenvalue weighted by Gasteiger charge is 2.32. The molecule has 8 nitrogen and oxygen atoms in total. The zero-order chi connectivity index (χ0) is 19.8. The van der Waals surface area contributed by atoms with E-state index in [4.69, 9.17) is 4.74 Å². The van der Waals surface area contributed by atoms with Gasteiger partial charge in [-0.2, -0.15) is 0 Å². The van der Waals surface area contributed by atoms with Gasteiger partial charge in [0.05, 0.1) is 16.0 Å². The molecule has 0 radical (unpaired) electrons. The highest BCUT2D eigenvalue weighted by Crippen LogP contribution is 2.34. The molecule has 0 spiro atoms. The maximum atomic E-state index is 12.6. The molecule has 0 saturated carbocycles. The number of nitrogens with one attached hydrogen (secondary N) is 2. The zero-order valence-corrected chi connectivity index (χ0v) is 15.2. The number of ether oxygens (including phenoxy) is 1. The van der Waals surface area contributed by atoms with Gasteiger partial charge in [0.2, 0.25) is 5.91 Å². The van der Waals surface area contributed by atoms with Gasteiger partial charge >= 0.3 is 0 Å². The zero-order valence-electron chi connectivity index (χ0n) is 15.2. The van der Waals surface area contributed by atoms with E-state index >= 15 is 0 Å². The largest absolute Gasteiger partial charge is 0.490 e. The summed E-state index contributed by atoms with van der Waals surface area (Å²) in [5.74, 6) is -0.165.